The first-order chi connectivity index (χ1) is 13.3. The van der Waals surface area contributed by atoms with Crippen molar-refractivity contribution in [2.45, 2.75) is 6.18 Å². The zero-order valence-electron chi connectivity index (χ0n) is 15.0. The molecule has 3 rings (SSSR count). The van der Waals surface area contributed by atoms with Gasteiger partial charge in [-0.2, -0.15) is 13.2 Å². The summed E-state index contributed by atoms with van der Waals surface area (Å²) in [5, 5.41) is 2.50. The molecule has 1 aliphatic rings. The molecule has 0 saturated carbocycles. The molecule has 0 unspecified atom stereocenters. The van der Waals surface area contributed by atoms with Gasteiger partial charge in [-0.3, -0.25) is 9.69 Å². The highest BCUT2D eigenvalue weighted by Gasteiger charge is 2.31. The van der Waals surface area contributed by atoms with Gasteiger partial charge in [0.1, 0.15) is 12.3 Å². The fourth-order valence-electron chi connectivity index (χ4n) is 2.85. The molecular formula is C19H18F3N3O3. The van der Waals surface area contributed by atoms with Gasteiger partial charge >= 0.3 is 12.2 Å². The van der Waals surface area contributed by atoms with Crippen LogP contribution in [0.3, 0.4) is 0 Å². The summed E-state index contributed by atoms with van der Waals surface area (Å²) in [5.41, 5.74) is 0.128. The second kappa shape index (κ2) is 7.79. The molecule has 6 nitrogen and oxygen atoms in total. The van der Waals surface area contributed by atoms with Crippen LogP contribution in [0.2, 0.25) is 0 Å². The standard InChI is InChI=1S/C19H18F3N3O3/c1-28-16-8-6-15(7-9-16)25-11-10-24(18(25)27)12-17(26)23-14-4-2-13(3-5-14)19(20,21)22/h2-9H,10-12H2,1H3,(H,23,26). The molecule has 1 fully saturated rings. The maximum Gasteiger partial charge on any atom is 0.416 e. The van der Waals surface area contributed by atoms with Crippen molar-refractivity contribution >= 4 is 23.3 Å². The first-order valence-electron chi connectivity index (χ1n) is 8.45. The molecule has 1 N–H and O–H groups in total. The number of urea groups is 1. The Bertz CT molecular complexity index is 851. The van der Waals surface area contributed by atoms with E-state index < -0.39 is 17.6 Å². The van der Waals surface area contributed by atoms with E-state index in [1.54, 1.807) is 36.3 Å². The minimum absolute atomic E-state index is 0.188. The molecule has 0 bridgehead atoms. The second-order valence-electron chi connectivity index (χ2n) is 6.18. The van der Waals surface area contributed by atoms with E-state index in [2.05, 4.69) is 5.32 Å². The van der Waals surface area contributed by atoms with Crippen LogP contribution in [0.1, 0.15) is 5.56 Å². The van der Waals surface area contributed by atoms with Crippen molar-refractivity contribution in [2.24, 2.45) is 0 Å². The van der Waals surface area contributed by atoms with Gasteiger partial charge in [0.15, 0.2) is 0 Å². The lowest BCUT2D eigenvalue weighted by atomic mass is 10.2. The molecule has 2 aromatic carbocycles. The summed E-state index contributed by atoms with van der Waals surface area (Å²) in [6.07, 6.45) is -4.44. The van der Waals surface area contributed by atoms with Gasteiger partial charge < -0.3 is 15.0 Å². The minimum atomic E-state index is -4.44. The van der Waals surface area contributed by atoms with Gasteiger partial charge in [-0.05, 0) is 48.5 Å². The number of amides is 3. The highest BCUT2D eigenvalue weighted by molar-refractivity contribution is 5.99. The van der Waals surface area contributed by atoms with Gasteiger partial charge in [-0.25, -0.2) is 4.79 Å². The molecule has 0 atom stereocenters. The molecule has 0 aliphatic carbocycles. The van der Waals surface area contributed by atoms with E-state index in [1.807, 2.05) is 0 Å². The summed E-state index contributed by atoms with van der Waals surface area (Å²) in [7, 11) is 1.55. The summed E-state index contributed by atoms with van der Waals surface area (Å²) in [6, 6.07) is 10.8. The molecule has 0 spiro atoms. The number of anilines is 2. The molecule has 28 heavy (non-hydrogen) atoms. The number of benzene rings is 2. The van der Waals surface area contributed by atoms with Crippen LogP contribution in [0, 0.1) is 0 Å². The molecule has 2 aromatic rings. The normalized spacial score (nSPS) is 14.4. The van der Waals surface area contributed by atoms with Gasteiger partial charge in [0.2, 0.25) is 5.91 Å². The van der Waals surface area contributed by atoms with Crippen LogP contribution < -0.4 is 15.0 Å². The SMILES string of the molecule is COc1ccc(N2CCN(CC(=O)Nc3ccc(C(F)(F)F)cc3)C2=O)cc1. The number of hydrogen-bond donors (Lipinski definition) is 1. The third kappa shape index (κ3) is 4.36. The van der Waals surface area contributed by atoms with Crippen LogP contribution in [0.5, 0.6) is 5.75 Å². The predicted molar refractivity (Wildman–Crippen MR) is 97.4 cm³/mol. The Morgan fingerprint density at radius 1 is 1.07 bits per heavy atom. The lowest BCUT2D eigenvalue weighted by Crippen LogP contribution is -2.37. The Kier molecular flexibility index (Phi) is 5.43. The maximum atomic E-state index is 12.6. The summed E-state index contributed by atoms with van der Waals surface area (Å²) < 4.78 is 42.8. The van der Waals surface area contributed by atoms with Crippen molar-refractivity contribution in [2.75, 3.05) is 37.0 Å². The van der Waals surface area contributed by atoms with E-state index >= 15 is 0 Å². The number of nitrogens with one attached hydrogen (secondary N) is 1. The zero-order chi connectivity index (χ0) is 20.3. The number of nitrogens with zero attached hydrogens (tertiary/aromatic N) is 2. The summed E-state index contributed by atoms with van der Waals surface area (Å²) in [4.78, 5) is 27.6. The molecule has 9 heteroatoms. The number of hydrogen-bond acceptors (Lipinski definition) is 3. The molecule has 148 valence electrons. The molecule has 1 heterocycles. The van der Waals surface area contributed by atoms with Crippen molar-refractivity contribution in [1.82, 2.24) is 4.90 Å². The molecule has 3 amide bonds. The van der Waals surface area contributed by atoms with Crippen LogP contribution >= 0.6 is 0 Å². The number of carbonyl (C=O) groups excluding carboxylic acids is 2. The van der Waals surface area contributed by atoms with Crippen LogP contribution in [-0.2, 0) is 11.0 Å². The lowest BCUT2D eigenvalue weighted by Gasteiger charge is -2.18. The van der Waals surface area contributed by atoms with Crippen LogP contribution in [-0.4, -0.2) is 43.6 Å². The van der Waals surface area contributed by atoms with E-state index in [4.69, 9.17) is 4.74 Å². The molecular weight excluding hydrogens is 375 g/mol. The van der Waals surface area contributed by atoms with E-state index in [0.29, 0.717) is 24.5 Å². The first-order valence-corrected chi connectivity index (χ1v) is 8.45. The molecule has 1 aliphatic heterocycles. The van der Waals surface area contributed by atoms with E-state index in [1.165, 1.54) is 17.0 Å². The third-order valence-corrected chi connectivity index (χ3v) is 4.31. The third-order valence-electron chi connectivity index (χ3n) is 4.31. The van der Waals surface area contributed by atoms with Crippen molar-refractivity contribution in [3.05, 3.63) is 54.1 Å². The predicted octanol–water partition coefficient (Wildman–Crippen LogP) is 3.59. The van der Waals surface area contributed by atoms with Gasteiger partial charge in [0.25, 0.3) is 0 Å². The first kappa shape index (κ1) is 19.5. The number of ether oxygens (including phenoxy) is 1. The van der Waals surface area contributed by atoms with Crippen LogP contribution in [0.4, 0.5) is 29.3 Å². The highest BCUT2D eigenvalue weighted by Crippen LogP contribution is 2.30. The maximum absolute atomic E-state index is 12.6. The highest BCUT2D eigenvalue weighted by atomic mass is 19.4. The molecule has 1 saturated heterocycles. The number of methoxy groups -OCH3 is 1. The van der Waals surface area contributed by atoms with Gasteiger partial charge in [-0.1, -0.05) is 0 Å². The summed E-state index contributed by atoms with van der Waals surface area (Å²) in [6.45, 7) is 0.608. The topological polar surface area (TPSA) is 61.9 Å². The number of halogens is 3. The van der Waals surface area contributed by atoms with E-state index in [9.17, 15) is 22.8 Å². The number of carbonyl (C=O) groups is 2. The zero-order valence-corrected chi connectivity index (χ0v) is 15.0. The Hall–Kier alpha value is -3.23. The van der Waals surface area contributed by atoms with E-state index in [-0.39, 0.29) is 18.3 Å². The summed E-state index contributed by atoms with van der Waals surface area (Å²) in [5.74, 6) is 0.188. The van der Waals surface area contributed by atoms with Crippen LogP contribution in [0.15, 0.2) is 48.5 Å². The van der Waals surface area contributed by atoms with Crippen molar-refractivity contribution in [1.29, 1.82) is 0 Å². The Morgan fingerprint density at radius 2 is 1.71 bits per heavy atom. The Morgan fingerprint density at radius 3 is 2.29 bits per heavy atom. The Labute approximate surface area is 159 Å². The van der Waals surface area contributed by atoms with Gasteiger partial charge in [-0.15, -0.1) is 0 Å². The molecule has 0 aromatic heterocycles. The summed E-state index contributed by atoms with van der Waals surface area (Å²) >= 11 is 0. The average molecular weight is 393 g/mol. The van der Waals surface area contributed by atoms with E-state index in [0.717, 1.165) is 12.1 Å². The lowest BCUT2D eigenvalue weighted by molar-refractivity contribution is -0.137. The van der Waals surface area contributed by atoms with Crippen molar-refractivity contribution in [3.63, 3.8) is 0 Å². The second-order valence-corrected chi connectivity index (χ2v) is 6.18. The average Bonchev–Trinajstić information content (AvgIpc) is 3.02. The van der Waals surface area contributed by atoms with Gasteiger partial charge in [0.05, 0.1) is 12.7 Å². The number of rotatable bonds is 5. The van der Waals surface area contributed by atoms with Gasteiger partial charge in [0, 0.05) is 24.5 Å². The Balaban J connectivity index is 1.58. The minimum Gasteiger partial charge on any atom is -0.497 e. The largest absolute Gasteiger partial charge is 0.497 e. The quantitative estimate of drug-likeness (QED) is 0.845. The number of alkyl halides is 3. The smallest absolute Gasteiger partial charge is 0.416 e. The fraction of sp³-hybridized carbons (Fsp3) is 0.263. The monoisotopic (exact) mass is 393 g/mol. The molecule has 0 radical (unpaired) electrons. The fourth-order valence-corrected chi connectivity index (χ4v) is 2.85. The van der Waals surface area contributed by atoms with Crippen LogP contribution in [0.25, 0.3) is 0 Å². The van der Waals surface area contributed by atoms with Crippen molar-refractivity contribution < 1.29 is 27.5 Å². The van der Waals surface area contributed by atoms with Crippen molar-refractivity contribution in [3.8, 4) is 5.75 Å².